The second-order valence-electron chi connectivity index (χ2n) is 10.6. The molecule has 4 atom stereocenters. The van der Waals surface area contributed by atoms with Gasteiger partial charge in [-0.05, 0) is 87.0 Å². The Balaban J connectivity index is 1.46. The van der Waals surface area contributed by atoms with Crippen LogP contribution in [-0.4, -0.2) is 18.5 Å². The number of ether oxygens (including phenoxy) is 1. The Morgan fingerprint density at radius 2 is 1.82 bits per heavy atom. The van der Waals surface area contributed by atoms with Crippen molar-refractivity contribution in [3.8, 4) is 0 Å². The summed E-state index contributed by atoms with van der Waals surface area (Å²) in [4.78, 5) is 27.6. The summed E-state index contributed by atoms with van der Waals surface area (Å²) in [6.07, 6.45) is 9.83. The minimum atomic E-state index is -0.276. The third kappa shape index (κ3) is 2.76. The molecule has 5 aliphatic carbocycles. The number of hydrogen-bond donors (Lipinski definition) is 1. The van der Waals surface area contributed by atoms with Gasteiger partial charge in [-0.2, -0.15) is 0 Å². The lowest BCUT2D eigenvalue weighted by molar-refractivity contribution is -0.165. The molecule has 0 aliphatic heterocycles. The van der Waals surface area contributed by atoms with Gasteiger partial charge in [-0.3, -0.25) is 4.79 Å². The largest absolute Gasteiger partial charge is 0.462 e. The first-order valence-electron chi connectivity index (χ1n) is 10.9. The molecule has 0 radical (unpaired) electrons. The van der Waals surface area contributed by atoms with E-state index in [1.807, 2.05) is 6.92 Å². The third-order valence-electron chi connectivity index (χ3n) is 7.74. The van der Waals surface area contributed by atoms with Crippen molar-refractivity contribution in [1.29, 1.82) is 0 Å². The van der Waals surface area contributed by atoms with E-state index in [1.165, 1.54) is 24.1 Å². The van der Waals surface area contributed by atoms with Crippen molar-refractivity contribution in [3.63, 3.8) is 0 Å². The van der Waals surface area contributed by atoms with Gasteiger partial charge < -0.3 is 10.1 Å². The van der Waals surface area contributed by atoms with E-state index in [0.29, 0.717) is 28.9 Å². The first-order chi connectivity index (χ1) is 13.2. The number of thiophene rings is 1. The summed E-state index contributed by atoms with van der Waals surface area (Å²) in [5, 5.41) is 3.98. The molecule has 1 aromatic rings. The maximum Gasteiger partial charge on any atom is 0.341 e. The lowest BCUT2D eigenvalue weighted by Gasteiger charge is -2.64. The number of carbonyl (C=O) groups excluding carboxylic acids is 2. The van der Waals surface area contributed by atoms with E-state index in [-0.39, 0.29) is 17.3 Å². The van der Waals surface area contributed by atoms with Crippen LogP contribution in [0.3, 0.4) is 0 Å². The Labute approximate surface area is 171 Å². The number of fused-ring (bicyclic) bond motifs is 1. The summed E-state index contributed by atoms with van der Waals surface area (Å²) in [6, 6.07) is 0. The second-order valence-corrected chi connectivity index (χ2v) is 11.8. The summed E-state index contributed by atoms with van der Waals surface area (Å²) in [7, 11) is 0. The second kappa shape index (κ2) is 6.07. The molecule has 5 heteroatoms. The summed E-state index contributed by atoms with van der Waals surface area (Å²) in [5.74, 6) is 0.552. The zero-order chi connectivity index (χ0) is 19.7. The van der Waals surface area contributed by atoms with E-state index >= 15 is 0 Å². The van der Waals surface area contributed by atoms with Gasteiger partial charge in [0.1, 0.15) is 5.00 Å². The summed E-state index contributed by atoms with van der Waals surface area (Å²) >= 11 is 1.60. The molecule has 1 N–H and O–H groups in total. The van der Waals surface area contributed by atoms with E-state index in [0.717, 1.165) is 49.1 Å². The van der Waals surface area contributed by atoms with Gasteiger partial charge >= 0.3 is 5.97 Å². The van der Waals surface area contributed by atoms with Gasteiger partial charge in [0.05, 0.1) is 17.6 Å². The predicted molar refractivity (Wildman–Crippen MR) is 111 cm³/mol. The van der Waals surface area contributed by atoms with E-state index in [4.69, 9.17) is 4.74 Å². The van der Waals surface area contributed by atoms with Crippen molar-refractivity contribution in [1.82, 2.24) is 0 Å². The van der Waals surface area contributed by atoms with Gasteiger partial charge in [-0.1, -0.05) is 13.8 Å². The van der Waals surface area contributed by atoms with Crippen LogP contribution < -0.4 is 5.32 Å². The van der Waals surface area contributed by atoms with Crippen molar-refractivity contribution in [2.45, 2.75) is 78.6 Å². The fourth-order valence-electron chi connectivity index (χ4n) is 7.85. The highest BCUT2D eigenvalue weighted by molar-refractivity contribution is 7.17. The lowest BCUT2D eigenvalue weighted by atomic mass is 9.40. The van der Waals surface area contributed by atoms with Crippen molar-refractivity contribution in [3.05, 3.63) is 16.0 Å². The molecule has 1 heterocycles. The normalized spacial score (nSPS) is 37.8. The van der Waals surface area contributed by atoms with Crippen LogP contribution in [0.25, 0.3) is 0 Å². The number of rotatable bonds is 4. The monoisotopic (exact) mass is 401 g/mol. The van der Waals surface area contributed by atoms with Crippen LogP contribution in [0.2, 0.25) is 0 Å². The highest BCUT2D eigenvalue weighted by Crippen LogP contribution is 2.69. The average molecular weight is 402 g/mol. The fourth-order valence-corrected chi connectivity index (χ4v) is 9.12. The number of amides is 1. The number of carbonyl (C=O) groups is 2. The average Bonchev–Trinajstić information content (AvgIpc) is 3.11. The van der Waals surface area contributed by atoms with E-state index in [9.17, 15) is 9.59 Å². The first kappa shape index (κ1) is 18.7. The summed E-state index contributed by atoms with van der Waals surface area (Å²) in [5.41, 5.74) is 2.08. The number of hydrogen-bond acceptors (Lipinski definition) is 4. The molecule has 5 aliphatic rings. The first-order valence-corrected chi connectivity index (χ1v) is 11.7. The van der Waals surface area contributed by atoms with Crippen molar-refractivity contribution < 1.29 is 14.3 Å². The number of esters is 1. The molecular formula is C23H31NO3S. The SMILES string of the molecule is CCOC(=O)c1c(NC(=O)C23CC4C[C@@](C)(C2)C[C@](C)(C4)C3)sc2c1CCC2. The molecule has 0 saturated heterocycles. The summed E-state index contributed by atoms with van der Waals surface area (Å²) in [6.45, 7) is 6.97. The third-order valence-corrected chi connectivity index (χ3v) is 8.94. The quantitative estimate of drug-likeness (QED) is 0.692. The minimum absolute atomic E-state index is 0.152. The summed E-state index contributed by atoms with van der Waals surface area (Å²) < 4.78 is 5.33. The zero-order valence-corrected chi connectivity index (χ0v) is 18.1. The topological polar surface area (TPSA) is 55.4 Å². The lowest BCUT2D eigenvalue weighted by Crippen LogP contribution is -2.58. The molecule has 2 unspecified atom stereocenters. The van der Waals surface area contributed by atoms with E-state index in [2.05, 4.69) is 19.2 Å². The molecule has 4 fully saturated rings. The van der Waals surface area contributed by atoms with Crippen molar-refractivity contribution in [2.24, 2.45) is 22.2 Å². The van der Waals surface area contributed by atoms with Gasteiger partial charge in [-0.25, -0.2) is 4.79 Å². The minimum Gasteiger partial charge on any atom is -0.462 e. The van der Waals surface area contributed by atoms with Gasteiger partial charge in [0.25, 0.3) is 0 Å². The molecule has 1 amide bonds. The molecular weight excluding hydrogens is 370 g/mol. The van der Waals surface area contributed by atoms with Crippen molar-refractivity contribution >= 4 is 28.2 Å². The molecule has 0 aromatic carbocycles. The van der Waals surface area contributed by atoms with Crippen LogP contribution in [0.4, 0.5) is 5.00 Å². The Morgan fingerprint density at radius 3 is 2.46 bits per heavy atom. The van der Waals surface area contributed by atoms with Crippen LogP contribution >= 0.6 is 11.3 Å². The Morgan fingerprint density at radius 1 is 1.11 bits per heavy atom. The molecule has 0 spiro atoms. The zero-order valence-electron chi connectivity index (χ0n) is 17.3. The van der Waals surface area contributed by atoms with Gasteiger partial charge in [0, 0.05) is 4.88 Å². The number of anilines is 1. The Kier molecular flexibility index (Phi) is 4.04. The molecule has 1 aromatic heterocycles. The Bertz CT molecular complexity index is 838. The maximum atomic E-state index is 13.7. The highest BCUT2D eigenvalue weighted by atomic mass is 32.1. The fraction of sp³-hybridized carbons (Fsp3) is 0.739. The van der Waals surface area contributed by atoms with Gasteiger partial charge in [0.2, 0.25) is 5.91 Å². The molecule has 4 bridgehead atoms. The molecule has 152 valence electrons. The molecule has 28 heavy (non-hydrogen) atoms. The maximum absolute atomic E-state index is 13.7. The van der Waals surface area contributed by atoms with E-state index < -0.39 is 0 Å². The highest BCUT2D eigenvalue weighted by Gasteiger charge is 2.62. The molecule has 4 nitrogen and oxygen atoms in total. The van der Waals surface area contributed by atoms with Crippen LogP contribution in [0.5, 0.6) is 0 Å². The standard InChI is InChI=1S/C23H31NO3S/c1-4-27-19(25)17-15-6-5-7-16(15)28-18(17)24-20(26)23-10-14-8-21(2,12-23)11-22(3,9-14)13-23/h14H,4-13H2,1-3H3,(H,24,26)/t14?,21-,22+,23?. The Hall–Kier alpha value is -1.36. The predicted octanol–water partition coefficient (Wildman–Crippen LogP) is 5.35. The molecule has 4 saturated carbocycles. The van der Waals surface area contributed by atoms with Crippen molar-refractivity contribution in [2.75, 3.05) is 11.9 Å². The molecule has 6 rings (SSSR count). The van der Waals surface area contributed by atoms with Crippen LogP contribution in [0, 0.1) is 22.2 Å². The van der Waals surface area contributed by atoms with Crippen LogP contribution in [0.1, 0.15) is 86.5 Å². The van der Waals surface area contributed by atoms with Crippen LogP contribution in [0.15, 0.2) is 0 Å². The smallest absolute Gasteiger partial charge is 0.341 e. The van der Waals surface area contributed by atoms with Crippen LogP contribution in [-0.2, 0) is 22.4 Å². The number of aryl methyl sites for hydroxylation is 1. The van der Waals surface area contributed by atoms with Gasteiger partial charge in [0.15, 0.2) is 0 Å². The van der Waals surface area contributed by atoms with Gasteiger partial charge in [-0.15, -0.1) is 11.3 Å². The van der Waals surface area contributed by atoms with E-state index in [1.54, 1.807) is 11.3 Å². The number of nitrogens with one attached hydrogen (secondary N) is 1.